The number of aryl methyl sites for hydroxylation is 1. The van der Waals surface area contributed by atoms with Crippen LogP contribution in [0.3, 0.4) is 0 Å². The van der Waals surface area contributed by atoms with Crippen molar-refractivity contribution >= 4 is 17.5 Å². The summed E-state index contributed by atoms with van der Waals surface area (Å²) in [5.74, 6) is 0.523. The third-order valence-corrected chi connectivity index (χ3v) is 4.73. The van der Waals surface area contributed by atoms with Crippen LogP contribution in [0.2, 0.25) is 0 Å². The number of hydrogen-bond acceptors (Lipinski definition) is 4. The summed E-state index contributed by atoms with van der Waals surface area (Å²) in [5.41, 5.74) is 3.17. The van der Waals surface area contributed by atoms with Crippen LogP contribution < -0.4 is 10.1 Å². The van der Waals surface area contributed by atoms with Crippen molar-refractivity contribution in [3.63, 3.8) is 0 Å². The van der Waals surface area contributed by atoms with Crippen molar-refractivity contribution in [2.24, 2.45) is 0 Å². The second-order valence-corrected chi connectivity index (χ2v) is 6.43. The van der Waals surface area contributed by atoms with Gasteiger partial charge in [-0.05, 0) is 48.2 Å². The number of benzene rings is 2. The molecule has 1 atom stereocenters. The third kappa shape index (κ3) is 4.04. The number of hydrogen-bond donors (Lipinski definition) is 1. The maximum absolute atomic E-state index is 12.6. The Bertz CT molecular complexity index is 769. The molecule has 0 radical (unpaired) electrons. The van der Waals surface area contributed by atoms with Crippen LogP contribution in [0.5, 0.6) is 5.75 Å². The first kappa shape index (κ1) is 18.0. The van der Waals surface area contributed by atoms with E-state index in [0.29, 0.717) is 13.0 Å². The molecule has 1 unspecified atom stereocenters. The highest BCUT2D eigenvalue weighted by atomic mass is 16.5. The Morgan fingerprint density at radius 1 is 1.04 bits per heavy atom. The summed E-state index contributed by atoms with van der Waals surface area (Å²) in [6.07, 6.45) is 1.82. The van der Waals surface area contributed by atoms with E-state index in [-0.39, 0.29) is 18.2 Å². The van der Waals surface area contributed by atoms with Crippen LogP contribution in [-0.4, -0.2) is 36.4 Å². The van der Waals surface area contributed by atoms with E-state index in [0.717, 1.165) is 23.4 Å². The Morgan fingerprint density at radius 2 is 1.69 bits per heavy atom. The molecule has 2 amide bonds. The van der Waals surface area contributed by atoms with Gasteiger partial charge in [-0.25, -0.2) is 0 Å². The highest BCUT2D eigenvalue weighted by Gasteiger charge is 2.38. The van der Waals surface area contributed by atoms with E-state index in [1.54, 1.807) is 7.11 Å². The summed E-state index contributed by atoms with van der Waals surface area (Å²) in [7, 11) is 1.62. The summed E-state index contributed by atoms with van der Waals surface area (Å²) < 4.78 is 5.14. The van der Waals surface area contributed by atoms with Crippen LogP contribution in [0.25, 0.3) is 0 Å². The van der Waals surface area contributed by atoms with Crippen LogP contribution in [0, 0.1) is 0 Å². The van der Waals surface area contributed by atoms with E-state index in [2.05, 4.69) is 12.2 Å². The number of imide groups is 1. The average molecular weight is 352 g/mol. The molecule has 2 aromatic carbocycles. The summed E-state index contributed by atoms with van der Waals surface area (Å²) in [6.45, 7) is 2.50. The molecule has 1 aliphatic rings. The van der Waals surface area contributed by atoms with Crippen LogP contribution >= 0.6 is 0 Å². The Labute approximate surface area is 154 Å². The van der Waals surface area contributed by atoms with Gasteiger partial charge in [0, 0.05) is 12.2 Å². The average Bonchev–Trinajstić information content (AvgIpc) is 2.94. The summed E-state index contributed by atoms with van der Waals surface area (Å²) in [5, 5.41) is 3.19. The first-order chi connectivity index (χ1) is 12.6. The number of ether oxygens (including phenoxy) is 1. The Morgan fingerprint density at radius 3 is 2.31 bits per heavy atom. The highest BCUT2D eigenvalue weighted by Crippen LogP contribution is 2.20. The van der Waals surface area contributed by atoms with Crippen LogP contribution in [-0.2, 0) is 22.4 Å². The third-order valence-electron chi connectivity index (χ3n) is 4.73. The van der Waals surface area contributed by atoms with Crippen molar-refractivity contribution in [3.8, 4) is 5.75 Å². The quantitative estimate of drug-likeness (QED) is 0.778. The van der Waals surface area contributed by atoms with Gasteiger partial charge in [-0.2, -0.15) is 0 Å². The van der Waals surface area contributed by atoms with E-state index in [9.17, 15) is 9.59 Å². The Balaban J connectivity index is 1.58. The predicted octanol–water partition coefficient (Wildman–Crippen LogP) is 3.04. The molecule has 26 heavy (non-hydrogen) atoms. The second-order valence-electron chi connectivity index (χ2n) is 6.43. The molecule has 0 aliphatic carbocycles. The minimum atomic E-state index is -0.481. The predicted molar refractivity (Wildman–Crippen MR) is 101 cm³/mol. The molecule has 0 saturated carbocycles. The number of rotatable bonds is 7. The van der Waals surface area contributed by atoms with Crippen molar-refractivity contribution in [2.75, 3.05) is 19.0 Å². The van der Waals surface area contributed by atoms with Gasteiger partial charge < -0.3 is 10.1 Å². The fraction of sp³-hybridized carbons (Fsp3) is 0.333. The fourth-order valence-corrected chi connectivity index (χ4v) is 3.10. The number of carbonyl (C=O) groups excluding carboxylic acids is 2. The van der Waals surface area contributed by atoms with Gasteiger partial charge in [0.25, 0.3) is 5.91 Å². The lowest BCUT2D eigenvalue weighted by molar-refractivity contribution is -0.138. The first-order valence-electron chi connectivity index (χ1n) is 8.93. The molecular formula is C21H24N2O3. The Hall–Kier alpha value is -2.82. The molecule has 5 nitrogen and oxygen atoms in total. The number of carbonyl (C=O) groups is 2. The molecule has 1 heterocycles. The zero-order valence-electron chi connectivity index (χ0n) is 15.2. The van der Waals surface area contributed by atoms with Gasteiger partial charge in [0.2, 0.25) is 5.91 Å². The topological polar surface area (TPSA) is 58.6 Å². The van der Waals surface area contributed by atoms with Crippen LogP contribution in [0.15, 0.2) is 48.5 Å². The molecule has 1 aliphatic heterocycles. The summed E-state index contributed by atoms with van der Waals surface area (Å²) >= 11 is 0. The van der Waals surface area contributed by atoms with Gasteiger partial charge in [-0.15, -0.1) is 0 Å². The van der Waals surface area contributed by atoms with Gasteiger partial charge in [-0.1, -0.05) is 31.2 Å². The minimum absolute atomic E-state index is 0.119. The lowest BCUT2D eigenvalue weighted by Gasteiger charge is -2.16. The molecular weight excluding hydrogens is 328 g/mol. The van der Waals surface area contributed by atoms with Crippen LogP contribution in [0.4, 0.5) is 5.69 Å². The maximum atomic E-state index is 12.6. The van der Waals surface area contributed by atoms with Gasteiger partial charge in [0.15, 0.2) is 0 Å². The maximum Gasteiger partial charge on any atom is 0.252 e. The molecule has 0 bridgehead atoms. The summed E-state index contributed by atoms with van der Waals surface area (Å²) in [4.78, 5) is 26.2. The number of likely N-dealkylation sites (tertiary alicyclic amines) is 1. The molecule has 2 aromatic rings. The first-order valence-corrected chi connectivity index (χ1v) is 8.93. The molecule has 1 saturated heterocycles. The van der Waals surface area contributed by atoms with Gasteiger partial charge >= 0.3 is 0 Å². The Kier molecular flexibility index (Phi) is 5.56. The van der Waals surface area contributed by atoms with Crippen molar-refractivity contribution in [2.45, 2.75) is 32.2 Å². The molecule has 1 fully saturated rings. The highest BCUT2D eigenvalue weighted by molar-refractivity contribution is 6.06. The number of methoxy groups -OCH3 is 1. The van der Waals surface area contributed by atoms with Gasteiger partial charge in [0.1, 0.15) is 11.8 Å². The van der Waals surface area contributed by atoms with Crippen LogP contribution in [0.1, 0.15) is 24.5 Å². The fourth-order valence-electron chi connectivity index (χ4n) is 3.10. The zero-order valence-corrected chi connectivity index (χ0v) is 15.2. The lowest BCUT2D eigenvalue weighted by Crippen LogP contribution is -2.36. The SMILES string of the molecule is CCc1ccc(NC2CC(=O)N(CCc3ccc(OC)cc3)C2=O)cc1. The number of anilines is 1. The van der Waals surface area contributed by atoms with E-state index < -0.39 is 6.04 Å². The molecule has 0 aromatic heterocycles. The van der Waals surface area contributed by atoms with Crippen molar-refractivity contribution in [3.05, 3.63) is 59.7 Å². The molecule has 5 heteroatoms. The molecule has 1 N–H and O–H groups in total. The zero-order chi connectivity index (χ0) is 18.5. The monoisotopic (exact) mass is 352 g/mol. The van der Waals surface area contributed by atoms with Crippen molar-refractivity contribution < 1.29 is 14.3 Å². The van der Waals surface area contributed by atoms with Crippen molar-refractivity contribution in [1.29, 1.82) is 0 Å². The molecule has 3 rings (SSSR count). The van der Waals surface area contributed by atoms with E-state index >= 15 is 0 Å². The second kappa shape index (κ2) is 8.04. The van der Waals surface area contributed by atoms with E-state index in [1.807, 2.05) is 48.5 Å². The lowest BCUT2D eigenvalue weighted by atomic mass is 10.1. The van der Waals surface area contributed by atoms with Crippen molar-refractivity contribution in [1.82, 2.24) is 4.90 Å². The van der Waals surface area contributed by atoms with Gasteiger partial charge in [-0.3, -0.25) is 14.5 Å². The van der Waals surface area contributed by atoms with E-state index in [1.165, 1.54) is 10.5 Å². The normalized spacial score (nSPS) is 16.8. The number of amides is 2. The molecule has 136 valence electrons. The molecule has 0 spiro atoms. The standard InChI is InChI=1S/C21H24N2O3/c1-3-15-4-8-17(9-5-15)22-19-14-20(24)23(21(19)25)13-12-16-6-10-18(26-2)11-7-16/h4-11,19,22H,3,12-14H2,1-2H3. The smallest absolute Gasteiger partial charge is 0.252 e. The number of nitrogens with zero attached hydrogens (tertiary/aromatic N) is 1. The largest absolute Gasteiger partial charge is 0.497 e. The van der Waals surface area contributed by atoms with E-state index in [4.69, 9.17) is 4.74 Å². The number of nitrogens with one attached hydrogen (secondary N) is 1. The van der Waals surface area contributed by atoms with Gasteiger partial charge in [0.05, 0.1) is 13.5 Å². The minimum Gasteiger partial charge on any atom is -0.497 e. The summed E-state index contributed by atoms with van der Waals surface area (Å²) in [6, 6.07) is 15.2.